The summed E-state index contributed by atoms with van der Waals surface area (Å²) in [5.41, 5.74) is -0.384. The van der Waals surface area contributed by atoms with Crippen molar-refractivity contribution in [2.24, 2.45) is 0 Å². The van der Waals surface area contributed by atoms with Crippen molar-refractivity contribution in [2.75, 3.05) is 39.7 Å². The highest BCUT2D eigenvalue weighted by Crippen LogP contribution is 2.39. The maximum Gasteiger partial charge on any atom is 0.341 e. The minimum Gasteiger partial charge on any atom is -0.505 e. The Morgan fingerprint density at radius 3 is 2.21 bits per heavy atom. The highest BCUT2D eigenvalue weighted by atomic mass is 35.5. The second-order valence-corrected chi connectivity index (χ2v) is 8.94. The highest BCUT2D eigenvalue weighted by Gasteiger charge is 2.27. The zero-order chi connectivity index (χ0) is 24.9. The van der Waals surface area contributed by atoms with Crippen LogP contribution in [-0.2, 0) is 14.8 Å². The summed E-state index contributed by atoms with van der Waals surface area (Å²) in [6.07, 6.45) is 0. The smallest absolute Gasteiger partial charge is 0.341 e. The second kappa shape index (κ2) is 10.7. The number of hydrogen-bond acceptors (Lipinski definition) is 8. The first kappa shape index (κ1) is 26.2. The van der Waals surface area contributed by atoms with Crippen molar-refractivity contribution >= 4 is 39.2 Å². The van der Waals surface area contributed by atoms with Gasteiger partial charge in [-0.1, -0.05) is 25.4 Å². The van der Waals surface area contributed by atoms with Gasteiger partial charge in [-0.15, -0.1) is 0 Å². The Morgan fingerprint density at radius 2 is 1.70 bits per heavy atom. The Bertz CT molecular complexity index is 1160. The molecular formula is C21H25ClN2O8S. The van der Waals surface area contributed by atoms with E-state index in [1.165, 1.54) is 30.7 Å². The number of carbonyl (C=O) groups is 2. The van der Waals surface area contributed by atoms with Crippen LogP contribution in [0.3, 0.4) is 0 Å². The van der Waals surface area contributed by atoms with Gasteiger partial charge in [0.25, 0.3) is 5.91 Å². The normalized spacial score (nSPS) is 11.2. The molecule has 12 heteroatoms. The summed E-state index contributed by atoms with van der Waals surface area (Å²) in [4.78, 5) is 24.7. The summed E-state index contributed by atoms with van der Waals surface area (Å²) in [7, 11) is -0.107. The molecule has 0 radical (unpaired) electrons. The number of phenolic OH excluding ortho intramolecular Hbond substituents is 1. The Hall–Kier alpha value is -3.02. The fourth-order valence-corrected chi connectivity index (χ4v) is 4.80. The van der Waals surface area contributed by atoms with Crippen LogP contribution >= 0.6 is 11.6 Å². The van der Waals surface area contributed by atoms with Gasteiger partial charge in [0.2, 0.25) is 10.0 Å². The van der Waals surface area contributed by atoms with Gasteiger partial charge in [-0.3, -0.25) is 4.79 Å². The SMILES string of the molecule is CCN(CC)S(=O)(=O)c1cc(NC(=O)c2cc(Cl)c(O)c(C(=O)OC)c2)c(OC)c(OC)c1. The van der Waals surface area contributed by atoms with Crippen LogP contribution in [0.2, 0.25) is 5.02 Å². The van der Waals surface area contributed by atoms with Crippen molar-refractivity contribution in [3.05, 3.63) is 40.4 Å². The molecule has 0 spiro atoms. The Morgan fingerprint density at radius 1 is 1.06 bits per heavy atom. The summed E-state index contributed by atoms with van der Waals surface area (Å²) < 4.78 is 42.5. The minimum atomic E-state index is -3.88. The predicted molar refractivity (Wildman–Crippen MR) is 122 cm³/mol. The Kier molecular flexibility index (Phi) is 8.53. The van der Waals surface area contributed by atoms with E-state index >= 15 is 0 Å². The molecule has 2 aromatic rings. The number of carbonyl (C=O) groups excluding carboxylic acids is 2. The number of esters is 1. The fourth-order valence-electron chi connectivity index (χ4n) is 3.08. The van der Waals surface area contributed by atoms with Crippen LogP contribution in [0.5, 0.6) is 17.2 Å². The van der Waals surface area contributed by atoms with E-state index < -0.39 is 27.6 Å². The maximum atomic E-state index is 13.0. The van der Waals surface area contributed by atoms with Gasteiger partial charge in [-0.25, -0.2) is 13.2 Å². The van der Waals surface area contributed by atoms with Gasteiger partial charge < -0.3 is 24.6 Å². The van der Waals surface area contributed by atoms with Gasteiger partial charge in [0.15, 0.2) is 11.5 Å². The lowest BCUT2D eigenvalue weighted by molar-refractivity contribution is 0.0597. The van der Waals surface area contributed by atoms with Crippen molar-refractivity contribution in [1.29, 1.82) is 0 Å². The van der Waals surface area contributed by atoms with E-state index in [-0.39, 0.29) is 51.3 Å². The number of benzene rings is 2. The molecule has 0 saturated heterocycles. The number of phenols is 1. The molecular weight excluding hydrogens is 476 g/mol. The molecule has 0 aliphatic rings. The number of nitrogens with zero attached hydrogens (tertiary/aromatic N) is 1. The Labute approximate surface area is 197 Å². The van der Waals surface area contributed by atoms with Gasteiger partial charge in [0.1, 0.15) is 11.3 Å². The molecule has 2 rings (SSSR count). The van der Waals surface area contributed by atoms with Crippen LogP contribution < -0.4 is 14.8 Å². The molecule has 0 saturated carbocycles. The van der Waals surface area contributed by atoms with E-state index in [1.807, 2.05) is 0 Å². The average Bonchev–Trinajstić information content (AvgIpc) is 2.79. The number of nitrogens with one attached hydrogen (secondary N) is 1. The van der Waals surface area contributed by atoms with E-state index in [9.17, 15) is 23.1 Å². The highest BCUT2D eigenvalue weighted by molar-refractivity contribution is 7.89. The Balaban J connectivity index is 2.60. The number of hydrogen-bond donors (Lipinski definition) is 2. The van der Waals surface area contributed by atoms with Crippen molar-refractivity contribution in [3.8, 4) is 17.2 Å². The van der Waals surface area contributed by atoms with Gasteiger partial charge >= 0.3 is 5.97 Å². The number of sulfonamides is 1. The molecule has 0 aliphatic heterocycles. The predicted octanol–water partition coefficient (Wildman–Crippen LogP) is 3.13. The molecule has 1 amide bonds. The summed E-state index contributed by atoms with van der Waals surface area (Å²) in [6, 6.07) is 4.80. The number of methoxy groups -OCH3 is 3. The molecule has 0 fully saturated rings. The average molecular weight is 501 g/mol. The van der Waals surface area contributed by atoms with E-state index in [0.29, 0.717) is 0 Å². The van der Waals surface area contributed by atoms with Gasteiger partial charge in [0, 0.05) is 24.7 Å². The minimum absolute atomic E-state index is 0.0106. The molecule has 0 heterocycles. The van der Waals surface area contributed by atoms with E-state index in [0.717, 1.165) is 19.2 Å². The third-order valence-electron chi connectivity index (χ3n) is 4.77. The molecule has 0 unspecified atom stereocenters. The fraction of sp³-hybridized carbons (Fsp3) is 0.333. The van der Waals surface area contributed by atoms with E-state index in [4.69, 9.17) is 21.1 Å². The molecule has 2 N–H and O–H groups in total. The van der Waals surface area contributed by atoms with E-state index in [1.54, 1.807) is 13.8 Å². The quantitative estimate of drug-likeness (QED) is 0.502. The lowest BCUT2D eigenvalue weighted by Crippen LogP contribution is -2.30. The van der Waals surface area contributed by atoms with Crippen LogP contribution in [0.25, 0.3) is 0 Å². The number of halogens is 1. The third-order valence-corrected chi connectivity index (χ3v) is 7.09. The van der Waals surface area contributed by atoms with E-state index in [2.05, 4.69) is 10.1 Å². The number of rotatable bonds is 9. The first-order chi connectivity index (χ1) is 15.5. The van der Waals surface area contributed by atoms with Crippen molar-refractivity contribution in [2.45, 2.75) is 18.7 Å². The first-order valence-corrected chi connectivity index (χ1v) is 11.6. The summed E-state index contributed by atoms with van der Waals surface area (Å²) >= 11 is 5.96. The van der Waals surface area contributed by atoms with Gasteiger partial charge in [-0.05, 0) is 18.2 Å². The van der Waals surface area contributed by atoms with Gasteiger partial charge in [0.05, 0.1) is 36.9 Å². The van der Waals surface area contributed by atoms with Crippen molar-refractivity contribution in [1.82, 2.24) is 4.31 Å². The zero-order valence-corrected chi connectivity index (χ0v) is 20.3. The summed E-state index contributed by atoms with van der Waals surface area (Å²) in [5.74, 6) is -2.01. The summed E-state index contributed by atoms with van der Waals surface area (Å²) in [5, 5.41) is 12.3. The number of aromatic hydroxyl groups is 1. The van der Waals surface area contributed by atoms with Crippen LogP contribution in [0, 0.1) is 0 Å². The number of amides is 1. The molecule has 0 aliphatic carbocycles. The molecule has 10 nitrogen and oxygen atoms in total. The molecule has 0 bridgehead atoms. The van der Waals surface area contributed by atoms with Crippen LogP contribution in [-0.4, -0.2) is 64.1 Å². The number of anilines is 1. The zero-order valence-electron chi connectivity index (χ0n) is 18.8. The molecule has 0 aromatic heterocycles. The largest absolute Gasteiger partial charge is 0.505 e. The standard InChI is InChI=1S/C21H25ClN2O8S/c1-6-24(7-2)33(28,29)13-10-16(19(31-4)17(11-13)30-3)23-20(26)12-8-14(21(27)32-5)18(25)15(22)9-12/h8-11,25H,6-7H2,1-5H3,(H,23,26). The topological polar surface area (TPSA) is 131 Å². The molecule has 2 aromatic carbocycles. The maximum absolute atomic E-state index is 13.0. The van der Waals surface area contributed by atoms with Crippen molar-refractivity contribution < 1.29 is 37.3 Å². The molecule has 180 valence electrons. The number of ether oxygens (including phenoxy) is 3. The second-order valence-electron chi connectivity index (χ2n) is 6.60. The van der Waals surface area contributed by atoms with Gasteiger partial charge in [-0.2, -0.15) is 4.31 Å². The monoisotopic (exact) mass is 500 g/mol. The summed E-state index contributed by atoms with van der Waals surface area (Å²) in [6.45, 7) is 3.91. The third kappa shape index (κ3) is 5.32. The van der Waals surface area contributed by atoms with Crippen LogP contribution in [0.1, 0.15) is 34.6 Å². The lowest BCUT2D eigenvalue weighted by Gasteiger charge is -2.21. The first-order valence-electron chi connectivity index (χ1n) is 9.73. The molecule has 33 heavy (non-hydrogen) atoms. The van der Waals surface area contributed by atoms with Crippen LogP contribution in [0.4, 0.5) is 5.69 Å². The molecule has 0 atom stereocenters. The van der Waals surface area contributed by atoms with Crippen LogP contribution in [0.15, 0.2) is 29.2 Å². The lowest BCUT2D eigenvalue weighted by atomic mass is 10.1. The van der Waals surface area contributed by atoms with Crippen molar-refractivity contribution in [3.63, 3.8) is 0 Å².